The highest BCUT2D eigenvalue weighted by molar-refractivity contribution is 5.29. The Morgan fingerprint density at radius 1 is 1.37 bits per heavy atom. The van der Waals surface area contributed by atoms with Crippen molar-refractivity contribution < 1.29 is 9.13 Å². The van der Waals surface area contributed by atoms with Crippen LogP contribution in [-0.4, -0.2) is 25.2 Å². The van der Waals surface area contributed by atoms with Crippen molar-refractivity contribution in [2.45, 2.75) is 39.2 Å². The summed E-state index contributed by atoms with van der Waals surface area (Å²) >= 11 is 0. The maximum Gasteiger partial charge on any atom is 0.165 e. The fourth-order valence-corrected chi connectivity index (χ4v) is 1.97. The first-order valence-electron chi connectivity index (χ1n) is 6.85. The third kappa shape index (κ3) is 5.57. The van der Waals surface area contributed by atoms with Crippen LogP contribution in [0.4, 0.5) is 4.39 Å². The number of hydrogen-bond donors (Lipinski definition) is 2. The highest BCUT2D eigenvalue weighted by atomic mass is 19.1. The van der Waals surface area contributed by atoms with Crippen LogP contribution in [0.1, 0.15) is 32.8 Å². The van der Waals surface area contributed by atoms with E-state index >= 15 is 0 Å². The highest BCUT2D eigenvalue weighted by Crippen LogP contribution is 2.18. The fourth-order valence-electron chi connectivity index (χ4n) is 1.97. The Labute approximate surface area is 115 Å². The van der Waals surface area contributed by atoms with Crippen molar-refractivity contribution >= 4 is 0 Å². The van der Waals surface area contributed by atoms with Crippen molar-refractivity contribution in [1.29, 1.82) is 0 Å². The zero-order valence-electron chi connectivity index (χ0n) is 12.1. The number of benzene rings is 1. The molecule has 1 aromatic carbocycles. The SMILES string of the molecule is CCOc1ccc(CCNC(C)(C)CCN)cc1F. The molecule has 19 heavy (non-hydrogen) atoms. The molecule has 0 aliphatic heterocycles. The quantitative estimate of drug-likeness (QED) is 0.761. The van der Waals surface area contributed by atoms with Crippen molar-refractivity contribution in [2.24, 2.45) is 5.73 Å². The summed E-state index contributed by atoms with van der Waals surface area (Å²) in [6.07, 6.45) is 1.71. The van der Waals surface area contributed by atoms with E-state index < -0.39 is 0 Å². The summed E-state index contributed by atoms with van der Waals surface area (Å²) in [7, 11) is 0. The first kappa shape index (κ1) is 15.9. The molecule has 0 atom stereocenters. The molecule has 0 heterocycles. The summed E-state index contributed by atoms with van der Waals surface area (Å²) in [5.74, 6) is 0.0308. The summed E-state index contributed by atoms with van der Waals surface area (Å²) < 4.78 is 18.8. The molecule has 0 unspecified atom stereocenters. The van der Waals surface area contributed by atoms with Gasteiger partial charge in [-0.05, 0) is 64.4 Å². The van der Waals surface area contributed by atoms with Crippen molar-refractivity contribution in [1.82, 2.24) is 5.32 Å². The highest BCUT2D eigenvalue weighted by Gasteiger charge is 2.15. The molecule has 0 aliphatic rings. The average Bonchev–Trinajstić information content (AvgIpc) is 2.32. The Kier molecular flexibility index (Phi) is 6.25. The van der Waals surface area contributed by atoms with E-state index in [2.05, 4.69) is 19.2 Å². The molecule has 0 saturated heterocycles. The van der Waals surface area contributed by atoms with Crippen molar-refractivity contribution in [3.05, 3.63) is 29.6 Å². The zero-order valence-corrected chi connectivity index (χ0v) is 12.1. The molecular weight excluding hydrogens is 243 g/mol. The van der Waals surface area contributed by atoms with E-state index in [1.165, 1.54) is 0 Å². The van der Waals surface area contributed by atoms with Gasteiger partial charge in [0.25, 0.3) is 0 Å². The van der Waals surface area contributed by atoms with Gasteiger partial charge in [-0.15, -0.1) is 0 Å². The summed E-state index contributed by atoms with van der Waals surface area (Å²) in [6, 6.07) is 5.15. The van der Waals surface area contributed by atoms with Crippen molar-refractivity contribution in [3.63, 3.8) is 0 Å². The number of rotatable bonds is 8. The van der Waals surface area contributed by atoms with Gasteiger partial charge in [0.05, 0.1) is 6.61 Å². The minimum atomic E-state index is -0.291. The maximum atomic E-state index is 13.7. The largest absolute Gasteiger partial charge is 0.491 e. The van der Waals surface area contributed by atoms with E-state index in [-0.39, 0.29) is 11.4 Å². The first-order chi connectivity index (χ1) is 8.98. The molecule has 0 fully saturated rings. The van der Waals surface area contributed by atoms with Crippen LogP contribution in [0.3, 0.4) is 0 Å². The van der Waals surface area contributed by atoms with Gasteiger partial charge in [-0.2, -0.15) is 0 Å². The van der Waals surface area contributed by atoms with Gasteiger partial charge in [0.15, 0.2) is 11.6 Å². The van der Waals surface area contributed by atoms with E-state index in [0.29, 0.717) is 18.9 Å². The maximum absolute atomic E-state index is 13.7. The van der Waals surface area contributed by atoms with Gasteiger partial charge < -0.3 is 15.8 Å². The molecule has 0 amide bonds. The van der Waals surface area contributed by atoms with Crippen LogP contribution in [0, 0.1) is 5.82 Å². The van der Waals surface area contributed by atoms with Crippen LogP contribution in [0.25, 0.3) is 0 Å². The molecule has 108 valence electrons. The van der Waals surface area contributed by atoms with Gasteiger partial charge in [-0.25, -0.2) is 4.39 Å². The van der Waals surface area contributed by atoms with Gasteiger partial charge in [0.1, 0.15) is 0 Å². The van der Waals surface area contributed by atoms with Crippen LogP contribution >= 0.6 is 0 Å². The lowest BCUT2D eigenvalue weighted by molar-refractivity contribution is 0.321. The van der Waals surface area contributed by atoms with Gasteiger partial charge >= 0.3 is 0 Å². The summed E-state index contributed by atoms with van der Waals surface area (Å²) in [6.45, 7) is 8.04. The molecule has 0 bridgehead atoms. The number of hydrogen-bond acceptors (Lipinski definition) is 3. The third-order valence-electron chi connectivity index (χ3n) is 3.08. The number of ether oxygens (including phenoxy) is 1. The monoisotopic (exact) mass is 268 g/mol. The molecule has 3 nitrogen and oxygen atoms in total. The second-order valence-corrected chi connectivity index (χ2v) is 5.30. The molecule has 0 aromatic heterocycles. The Bertz CT molecular complexity index is 394. The van der Waals surface area contributed by atoms with E-state index in [9.17, 15) is 4.39 Å². The second-order valence-electron chi connectivity index (χ2n) is 5.30. The summed E-state index contributed by atoms with van der Waals surface area (Å²) in [5, 5.41) is 3.43. The minimum Gasteiger partial charge on any atom is -0.491 e. The average molecular weight is 268 g/mol. The van der Waals surface area contributed by atoms with Gasteiger partial charge in [-0.3, -0.25) is 0 Å². The van der Waals surface area contributed by atoms with Gasteiger partial charge in [0, 0.05) is 5.54 Å². The molecule has 3 N–H and O–H groups in total. The lowest BCUT2D eigenvalue weighted by Crippen LogP contribution is -2.42. The van der Waals surface area contributed by atoms with Crippen LogP contribution in [-0.2, 0) is 6.42 Å². The van der Waals surface area contributed by atoms with E-state index in [0.717, 1.165) is 24.9 Å². The molecule has 4 heteroatoms. The molecule has 0 aliphatic carbocycles. The summed E-state index contributed by atoms with van der Waals surface area (Å²) in [4.78, 5) is 0. The fraction of sp³-hybridized carbons (Fsp3) is 0.600. The molecule has 1 aromatic rings. The van der Waals surface area contributed by atoms with Crippen LogP contribution in [0.15, 0.2) is 18.2 Å². The lowest BCUT2D eigenvalue weighted by atomic mass is 10.0. The predicted octanol–water partition coefficient (Wildman–Crippen LogP) is 2.48. The van der Waals surface area contributed by atoms with Crippen LogP contribution < -0.4 is 15.8 Å². The van der Waals surface area contributed by atoms with E-state index in [1.54, 1.807) is 12.1 Å². The van der Waals surface area contributed by atoms with Crippen LogP contribution in [0.5, 0.6) is 5.75 Å². The Balaban J connectivity index is 2.48. The molecule has 0 radical (unpaired) electrons. The molecule has 1 rings (SSSR count). The molecular formula is C15H25FN2O. The lowest BCUT2D eigenvalue weighted by Gasteiger charge is -2.25. The minimum absolute atomic E-state index is 0.0263. The van der Waals surface area contributed by atoms with Crippen molar-refractivity contribution in [3.8, 4) is 5.75 Å². The topological polar surface area (TPSA) is 47.3 Å². The normalized spacial score (nSPS) is 11.6. The number of halogens is 1. The van der Waals surface area contributed by atoms with E-state index in [4.69, 9.17) is 10.5 Å². The smallest absolute Gasteiger partial charge is 0.165 e. The third-order valence-corrected chi connectivity index (χ3v) is 3.08. The van der Waals surface area contributed by atoms with Gasteiger partial charge in [-0.1, -0.05) is 6.07 Å². The standard InChI is InChI=1S/C15H25FN2O/c1-4-19-14-6-5-12(11-13(14)16)7-10-18-15(2,3)8-9-17/h5-6,11,18H,4,7-10,17H2,1-3H3. The first-order valence-corrected chi connectivity index (χ1v) is 6.85. The Hall–Kier alpha value is -1.13. The van der Waals surface area contributed by atoms with Crippen molar-refractivity contribution in [2.75, 3.05) is 19.7 Å². The number of nitrogens with one attached hydrogen (secondary N) is 1. The Morgan fingerprint density at radius 3 is 2.68 bits per heavy atom. The van der Waals surface area contributed by atoms with Gasteiger partial charge in [0.2, 0.25) is 0 Å². The predicted molar refractivity (Wildman–Crippen MR) is 77.0 cm³/mol. The number of nitrogens with two attached hydrogens (primary N) is 1. The molecule has 0 spiro atoms. The van der Waals surface area contributed by atoms with Crippen LogP contribution in [0.2, 0.25) is 0 Å². The Morgan fingerprint density at radius 2 is 2.11 bits per heavy atom. The zero-order chi connectivity index (χ0) is 14.3. The molecule has 0 saturated carbocycles. The van der Waals surface area contributed by atoms with E-state index in [1.807, 2.05) is 13.0 Å². The second kappa shape index (κ2) is 7.46. The summed E-state index contributed by atoms with van der Waals surface area (Å²) in [5.41, 5.74) is 6.55.